The minimum absolute atomic E-state index is 0.291. The highest BCUT2D eigenvalue weighted by atomic mass is 14.5. The molecular weight excluding hydrogens is 158 g/mol. The normalized spacial score (nSPS) is 13.6. The fourth-order valence-corrected chi connectivity index (χ4v) is 0.811. The molecule has 0 rings (SSSR count). The maximum absolute atomic E-state index is 5.45. The molecule has 0 saturated heterocycles. The van der Waals surface area contributed by atoms with Crippen molar-refractivity contribution in [1.29, 1.82) is 0 Å². The van der Waals surface area contributed by atoms with E-state index >= 15 is 0 Å². The first-order valence-corrected chi connectivity index (χ1v) is 4.78. The molecule has 0 saturated carbocycles. The lowest BCUT2D eigenvalue weighted by Gasteiger charge is -2.38. The van der Waals surface area contributed by atoms with Crippen LogP contribution in [0.4, 0.5) is 0 Å². The van der Waals surface area contributed by atoms with E-state index in [2.05, 4.69) is 47.3 Å². The van der Waals surface area contributed by atoms with Crippen LogP contribution in [0, 0.1) is 10.8 Å². The van der Waals surface area contributed by atoms with E-state index in [1.54, 1.807) is 0 Å². The maximum atomic E-state index is 5.45. The molecule has 0 spiro atoms. The van der Waals surface area contributed by atoms with Crippen molar-refractivity contribution in [2.75, 3.05) is 0 Å². The molecule has 2 N–H and O–H groups in total. The number of hydrogen-bond donors (Lipinski definition) is 1. The predicted octanol–water partition coefficient (Wildman–Crippen LogP) is 3.48. The SMILES string of the molecule is C=C(N)/C=C\CC(C)(C)C(C)(C)C. The Morgan fingerprint density at radius 2 is 1.69 bits per heavy atom. The smallest absolute Gasteiger partial charge is 0.0237 e. The number of rotatable bonds is 3. The van der Waals surface area contributed by atoms with Crippen LogP contribution < -0.4 is 5.73 Å². The van der Waals surface area contributed by atoms with Crippen LogP contribution in [0.1, 0.15) is 41.0 Å². The molecule has 0 fully saturated rings. The summed E-state index contributed by atoms with van der Waals surface area (Å²) in [6.07, 6.45) is 5.02. The molecule has 0 aromatic heterocycles. The first-order valence-electron chi connectivity index (χ1n) is 4.78. The third kappa shape index (κ3) is 4.16. The van der Waals surface area contributed by atoms with Crippen molar-refractivity contribution in [1.82, 2.24) is 0 Å². The monoisotopic (exact) mass is 181 g/mol. The van der Waals surface area contributed by atoms with Crippen LogP contribution in [-0.2, 0) is 0 Å². The minimum atomic E-state index is 0.291. The molecule has 0 radical (unpaired) electrons. The number of hydrogen-bond acceptors (Lipinski definition) is 1. The molecule has 76 valence electrons. The van der Waals surface area contributed by atoms with Gasteiger partial charge in [0.1, 0.15) is 0 Å². The van der Waals surface area contributed by atoms with Gasteiger partial charge in [0.05, 0.1) is 0 Å². The van der Waals surface area contributed by atoms with Crippen LogP contribution in [0.15, 0.2) is 24.4 Å². The lowest BCUT2D eigenvalue weighted by atomic mass is 9.67. The van der Waals surface area contributed by atoms with Gasteiger partial charge in [-0.15, -0.1) is 0 Å². The summed E-state index contributed by atoms with van der Waals surface area (Å²) in [5, 5.41) is 0. The van der Waals surface area contributed by atoms with E-state index in [1.807, 2.05) is 6.08 Å². The maximum Gasteiger partial charge on any atom is 0.0237 e. The molecule has 1 nitrogen and oxygen atoms in total. The summed E-state index contributed by atoms with van der Waals surface area (Å²) in [7, 11) is 0. The summed E-state index contributed by atoms with van der Waals surface area (Å²) in [6.45, 7) is 15.0. The summed E-state index contributed by atoms with van der Waals surface area (Å²) >= 11 is 0. The van der Waals surface area contributed by atoms with Gasteiger partial charge in [-0.25, -0.2) is 0 Å². The Morgan fingerprint density at radius 1 is 1.23 bits per heavy atom. The Balaban J connectivity index is 4.27. The molecule has 0 atom stereocenters. The van der Waals surface area contributed by atoms with Gasteiger partial charge >= 0.3 is 0 Å². The van der Waals surface area contributed by atoms with E-state index in [4.69, 9.17) is 5.73 Å². The van der Waals surface area contributed by atoms with Gasteiger partial charge in [-0.1, -0.05) is 47.3 Å². The fraction of sp³-hybridized carbons (Fsp3) is 0.667. The summed E-state index contributed by atoms with van der Waals surface area (Å²) in [5.74, 6) is 0. The third-order valence-corrected chi connectivity index (χ3v) is 2.99. The predicted molar refractivity (Wildman–Crippen MR) is 60.3 cm³/mol. The standard InChI is InChI=1S/C12H23N/c1-10(13)8-7-9-12(5,6)11(2,3)4/h7-8H,1,9,13H2,2-6H3/b8-7-. The van der Waals surface area contributed by atoms with Crippen molar-refractivity contribution in [3.8, 4) is 0 Å². The van der Waals surface area contributed by atoms with Gasteiger partial charge < -0.3 is 5.73 Å². The first-order chi connectivity index (χ1) is 5.67. The molecule has 0 unspecified atom stereocenters. The van der Waals surface area contributed by atoms with Crippen LogP contribution >= 0.6 is 0 Å². The third-order valence-electron chi connectivity index (χ3n) is 2.99. The zero-order valence-corrected chi connectivity index (χ0v) is 9.65. The van der Waals surface area contributed by atoms with Gasteiger partial charge in [0.15, 0.2) is 0 Å². The molecule has 0 aromatic carbocycles. The summed E-state index contributed by atoms with van der Waals surface area (Å²) in [4.78, 5) is 0. The van der Waals surface area contributed by atoms with E-state index in [0.717, 1.165) is 6.42 Å². The van der Waals surface area contributed by atoms with Crippen LogP contribution in [0.2, 0.25) is 0 Å². The van der Waals surface area contributed by atoms with Crippen LogP contribution in [-0.4, -0.2) is 0 Å². The Labute approximate surface area is 82.7 Å². The highest BCUT2D eigenvalue weighted by Gasteiger charge is 2.31. The Morgan fingerprint density at radius 3 is 2.00 bits per heavy atom. The highest BCUT2D eigenvalue weighted by molar-refractivity contribution is 5.10. The van der Waals surface area contributed by atoms with Crippen molar-refractivity contribution in [3.63, 3.8) is 0 Å². The molecular formula is C12H23N. The average Bonchev–Trinajstić information content (AvgIpc) is 1.82. The zero-order valence-electron chi connectivity index (χ0n) is 9.65. The molecule has 0 aromatic rings. The van der Waals surface area contributed by atoms with E-state index in [0.29, 0.717) is 16.5 Å². The number of nitrogens with two attached hydrogens (primary N) is 1. The van der Waals surface area contributed by atoms with Crippen molar-refractivity contribution in [2.24, 2.45) is 16.6 Å². The Hall–Kier alpha value is -0.720. The first kappa shape index (κ1) is 12.3. The van der Waals surface area contributed by atoms with Crippen LogP contribution in [0.3, 0.4) is 0 Å². The van der Waals surface area contributed by atoms with Gasteiger partial charge in [-0.05, 0) is 23.3 Å². The second kappa shape index (κ2) is 3.99. The van der Waals surface area contributed by atoms with Gasteiger partial charge in [0.25, 0.3) is 0 Å². The van der Waals surface area contributed by atoms with E-state index < -0.39 is 0 Å². The Kier molecular flexibility index (Phi) is 3.77. The summed E-state index contributed by atoms with van der Waals surface area (Å²) in [6, 6.07) is 0. The van der Waals surface area contributed by atoms with Gasteiger partial charge in [-0.3, -0.25) is 0 Å². The van der Waals surface area contributed by atoms with Gasteiger partial charge in [-0.2, -0.15) is 0 Å². The van der Waals surface area contributed by atoms with E-state index in [9.17, 15) is 0 Å². The van der Waals surface area contributed by atoms with E-state index in [-0.39, 0.29) is 0 Å². The van der Waals surface area contributed by atoms with E-state index in [1.165, 1.54) is 0 Å². The second-order valence-corrected chi connectivity index (χ2v) is 5.32. The highest BCUT2D eigenvalue weighted by Crippen LogP contribution is 2.40. The average molecular weight is 181 g/mol. The molecule has 0 aliphatic heterocycles. The summed E-state index contributed by atoms with van der Waals surface area (Å²) < 4.78 is 0. The largest absolute Gasteiger partial charge is 0.399 e. The molecule has 0 heterocycles. The molecule has 13 heavy (non-hydrogen) atoms. The molecule has 0 amide bonds. The number of allylic oxidation sites excluding steroid dienone is 2. The molecule has 0 aliphatic rings. The van der Waals surface area contributed by atoms with Crippen molar-refractivity contribution in [3.05, 3.63) is 24.4 Å². The molecule has 0 aliphatic carbocycles. The van der Waals surface area contributed by atoms with Crippen molar-refractivity contribution >= 4 is 0 Å². The van der Waals surface area contributed by atoms with Gasteiger partial charge in [0.2, 0.25) is 0 Å². The van der Waals surface area contributed by atoms with Crippen LogP contribution in [0.5, 0.6) is 0 Å². The fourth-order valence-electron chi connectivity index (χ4n) is 0.811. The van der Waals surface area contributed by atoms with Gasteiger partial charge in [0, 0.05) is 5.70 Å². The Bertz CT molecular complexity index is 204. The minimum Gasteiger partial charge on any atom is -0.399 e. The second-order valence-electron chi connectivity index (χ2n) is 5.32. The topological polar surface area (TPSA) is 26.0 Å². The zero-order chi connectivity index (χ0) is 10.7. The lowest BCUT2D eigenvalue weighted by molar-refractivity contribution is 0.135. The summed E-state index contributed by atoms with van der Waals surface area (Å²) in [5.41, 5.74) is 6.68. The lowest BCUT2D eigenvalue weighted by Crippen LogP contribution is -2.28. The van der Waals surface area contributed by atoms with Crippen molar-refractivity contribution in [2.45, 2.75) is 41.0 Å². The van der Waals surface area contributed by atoms with Crippen LogP contribution in [0.25, 0.3) is 0 Å². The molecule has 0 bridgehead atoms. The van der Waals surface area contributed by atoms with Crippen molar-refractivity contribution < 1.29 is 0 Å². The quantitative estimate of drug-likeness (QED) is 0.663. The molecule has 1 heteroatoms.